The average molecular weight is 309 g/mol. The molecule has 3 rings (SSSR count). The van der Waals surface area contributed by atoms with Gasteiger partial charge in [0.15, 0.2) is 11.5 Å². The fourth-order valence-electron chi connectivity index (χ4n) is 2.55. The van der Waals surface area contributed by atoms with Crippen LogP contribution in [0.15, 0.2) is 42.7 Å². The molecule has 0 aliphatic heterocycles. The van der Waals surface area contributed by atoms with Gasteiger partial charge in [-0.15, -0.1) is 0 Å². The van der Waals surface area contributed by atoms with Gasteiger partial charge in [0.1, 0.15) is 12.1 Å². The lowest BCUT2D eigenvalue weighted by molar-refractivity contribution is 0.354. The first kappa shape index (κ1) is 15.1. The second-order valence-electron chi connectivity index (χ2n) is 5.24. The van der Waals surface area contributed by atoms with Crippen LogP contribution in [0.1, 0.15) is 11.1 Å². The van der Waals surface area contributed by atoms with Gasteiger partial charge in [-0.25, -0.2) is 9.97 Å². The van der Waals surface area contributed by atoms with Crippen molar-refractivity contribution in [1.29, 1.82) is 0 Å². The third-order valence-corrected chi connectivity index (χ3v) is 3.77. The molecule has 0 aliphatic carbocycles. The van der Waals surface area contributed by atoms with E-state index >= 15 is 0 Å². The number of nitrogens with one attached hydrogen (secondary N) is 1. The summed E-state index contributed by atoms with van der Waals surface area (Å²) in [6.45, 7) is 2.69. The summed E-state index contributed by atoms with van der Waals surface area (Å²) < 4.78 is 10.6. The van der Waals surface area contributed by atoms with Crippen molar-refractivity contribution in [3.63, 3.8) is 0 Å². The molecule has 23 heavy (non-hydrogen) atoms. The highest BCUT2D eigenvalue weighted by molar-refractivity contribution is 5.90. The fraction of sp³-hybridized carbons (Fsp3) is 0.222. The second-order valence-corrected chi connectivity index (χ2v) is 5.24. The lowest BCUT2D eigenvalue weighted by Gasteiger charge is -2.12. The number of para-hydroxylation sites is 1. The molecule has 1 aromatic heterocycles. The number of fused-ring (bicyclic) bond motifs is 1. The standard InChI is InChI=1S/C18H19N3O2/c1-12-5-4-6-14-17(12)20-11-21-18(14)19-10-13-7-8-15(22-2)16(9-13)23-3/h4-9,11H,10H2,1-3H3,(H,19,20,21). The van der Waals surface area contributed by atoms with Crippen LogP contribution >= 0.6 is 0 Å². The summed E-state index contributed by atoms with van der Waals surface area (Å²) in [6, 6.07) is 12.0. The molecule has 0 amide bonds. The highest BCUT2D eigenvalue weighted by Gasteiger charge is 2.07. The molecule has 0 aliphatic rings. The second kappa shape index (κ2) is 6.52. The quantitative estimate of drug-likeness (QED) is 0.781. The Bertz CT molecular complexity index is 834. The Hall–Kier alpha value is -2.82. The summed E-state index contributed by atoms with van der Waals surface area (Å²) in [5, 5.41) is 4.39. The normalized spacial score (nSPS) is 10.6. The summed E-state index contributed by atoms with van der Waals surface area (Å²) in [5.41, 5.74) is 3.19. The first-order valence-corrected chi connectivity index (χ1v) is 7.38. The predicted octanol–water partition coefficient (Wildman–Crippen LogP) is 3.57. The SMILES string of the molecule is COc1ccc(CNc2ncnc3c(C)cccc23)cc1OC. The van der Waals surface area contributed by atoms with Gasteiger partial charge in [-0.3, -0.25) is 0 Å². The maximum Gasteiger partial charge on any atom is 0.161 e. The Morgan fingerprint density at radius 2 is 1.83 bits per heavy atom. The number of rotatable bonds is 5. The number of methoxy groups -OCH3 is 2. The summed E-state index contributed by atoms with van der Waals surface area (Å²) in [6.07, 6.45) is 1.59. The molecule has 0 atom stereocenters. The Balaban J connectivity index is 1.85. The molecule has 1 heterocycles. The first-order chi connectivity index (χ1) is 11.2. The number of aryl methyl sites for hydroxylation is 1. The van der Waals surface area contributed by atoms with E-state index in [1.165, 1.54) is 0 Å². The molecular weight excluding hydrogens is 290 g/mol. The molecule has 118 valence electrons. The maximum absolute atomic E-state index is 5.34. The number of benzene rings is 2. The molecule has 2 aromatic carbocycles. The Morgan fingerprint density at radius 3 is 2.61 bits per heavy atom. The van der Waals surface area contributed by atoms with Crippen LogP contribution in [0.3, 0.4) is 0 Å². The van der Waals surface area contributed by atoms with Crippen molar-refractivity contribution in [1.82, 2.24) is 9.97 Å². The third-order valence-electron chi connectivity index (χ3n) is 3.77. The van der Waals surface area contributed by atoms with Crippen molar-refractivity contribution in [3.05, 3.63) is 53.9 Å². The van der Waals surface area contributed by atoms with Crippen molar-refractivity contribution in [3.8, 4) is 11.5 Å². The van der Waals surface area contributed by atoms with Crippen molar-refractivity contribution in [2.45, 2.75) is 13.5 Å². The van der Waals surface area contributed by atoms with Crippen molar-refractivity contribution in [2.24, 2.45) is 0 Å². The molecule has 5 heteroatoms. The Labute approximate surface area is 135 Å². The summed E-state index contributed by atoms with van der Waals surface area (Å²) in [4.78, 5) is 8.72. The molecule has 0 saturated heterocycles. The van der Waals surface area contributed by atoms with Crippen molar-refractivity contribution < 1.29 is 9.47 Å². The van der Waals surface area contributed by atoms with Gasteiger partial charge in [-0.1, -0.05) is 18.2 Å². The zero-order valence-corrected chi connectivity index (χ0v) is 13.5. The highest BCUT2D eigenvalue weighted by Crippen LogP contribution is 2.28. The van der Waals surface area contributed by atoms with Gasteiger partial charge in [0.05, 0.1) is 19.7 Å². The van der Waals surface area contributed by atoms with E-state index in [0.717, 1.165) is 39.3 Å². The minimum Gasteiger partial charge on any atom is -0.493 e. The number of anilines is 1. The summed E-state index contributed by atoms with van der Waals surface area (Å²) in [5.74, 6) is 2.27. The van der Waals surface area contributed by atoms with E-state index in [1.807, 2.05) is 43.3 Å². The largest absolute Gasteiger partial charge is 0.493 e. The van der Waals surface area contributed by atoms with E-state index < -0.39 is 0 Å². The van der Waals surface area contributed by atoms with Crippen LogP contribution in [0.25, 0.3) is 10.9 Å². The molecule has 0 fully saturated rings. The van der Waals surface area contributed by atoms with E-state index in [4.69, 9.17) is 9.47 Å². The van der Waals surface area contributed by atoms with Crippen molar-refractivity contribution in [2.75, 3.05) is 19.5 Å². The summed E-state index contributed by atoms with van der Waals surface area (Å²) >= 11 is 0. The Kier molecular flexibility index (Phi) is 4.28. The molecule has 0 bridgehead atoms. The molecule has 0 radical (unpaired) electrons. The fourth-order valence-corrected chi connectivity index (χ4v) is 2.55. The molecule has 0 saturated carbocycles. The van der Waals surface area contributed by atoms with Crippen molar-refractivity contribution >= 4 is 16.7 Å². The number of hydrogen-bond acceptors (Lipinski definition) is 5. The zero-order valence-electron chi connectivity index (χ0n) is 13.5. The molecule has 5 nitrogen and oxygen atoms in total. The minimum absolute atomic E-state index is 0.639. The first-order valence-electron chi connectivity index (χ1n) is 7.38. The highest BCUT2D eigenvalue weighted by atomic mass is 16.5. The monoisotopic (exact) mass is 309 g/mol. The maximum atomic E-state index is 5.34. The molecule has 1 N–H and O–H groups in total. The van der Waals surface area contributed by atoms with Crippen LogP contribution in [0.2, 0.25) is 0 Å². The Morgan fingerprint density at radius 1 is 1.00 bits per heavy atom. The number of ether oxygens (including phenoxy) is 2. The van der Waals surface area contributed by atoms with E-state index in [0.29, 0.717) is 6.54 Å². The van der Waals surface area contributed by atoms with E-state index in [9.17, 15) is 0 Å². The zero-order chi connectivity index (χ0) is 16.2. The molecule has 0 unspecified atom stereocenters. The van der Waals surface area contributed by atoms with Crippen LogP contribution in [0, 0.1) is 6.92 Å². The lowest BCUT2D eigenvalue weighted by atomic mass is 10.1. The average Bonchev–Trinajstić information content (AvgIpc) is 2.60. The van der Waals surface area contributed by atoms with Crippen LogP contribution in [-0.4, -0.2) is 24.2 Å². The smallest absolute Gasteiger partial charge is 0.161 e. The minimum atomic E-state index is 0.639. The number of nitrogens with zero attached hydrogens (tertiary/aromatic N) is 2. The molecule has 3 aromatic rings. The van der Waals surface area contributed by atoms with Crippen LogP contribution < -0.4 is 14.8 Å². The van der Waals surface area contributed by atoms with Gasteiger partial charge in [0.25, 0.3) is 0 Å². The topological polar surface area (TPSA) is 56.3 Å². The third kappa shape index (κ3) is 3.04. The number of hydrogen-bond donors (Lipinski definition) is 1. The van der Waals surface area contributed by atoms with Gasteiger partial charge in [0, 0.05) is 11.9 Å². The summed E-state index contributed by atoms with van der Waals surface area (Å²) in [7, 11) is 3.26. The molecular formula is C18H19N3O2. The van der Waals surface area contributed by atoms with Gasteiger partial charge < -0.3 is 14.8 Å². The van der Waals surface area contributed by atoms with E-state index in [-0.39, 0.29) is 0 Å². The van der Waals surface area contributed by atoms with E-state index in [2.05, 4.69) is 15.3 Å². The van der Waals surface area contributed by atoms with E-state index in [1.54, 1.807) is 20.5 Å². The molecule has 0 spiro atoms. The van der Waals surface area contributed by atoms with Gasteiger partial charge in [-0.2, -0.15) is 0 Å². The van der Waals surface area contributed by atoms with Crippen LogP contribution in [0.4, 0.5) is 5.82 Å². The lowest BCUT2D eigenvalue weighted by Crippen LogP contribution is -2.03. The van der Waals surface area contributed by atoms with Crippen LogP contribution in [-0.2, 0) is 6.54 Å². The van der Waals surface area contributed by atoms with Gasteiger partial charge in [-0.05, 0) is 36.2 Å². The van der Waals surface area contributed by atoms with Crippen LogP contribution in [0.5, 0.6) is 11.5 Å². The van der Waals surface area contributed by atoms with Gasteiger partial charge in [0.2, 0.25) is 0 Å². The van der Waals surface area contributed by atoms with Gasteiger partial charge >= 0.3 is 0 Å². The predicted molar refractivity (Wildman–Crippen MR) is 91.1 cm³/mol. The number of aromatic nitrogens is 2.